The molecule has 3 rings (SSSR count). The number of fused-ring (bicyclic) bond motifs is 1. The van der Waals surface area contributed by atoms with Gasteiger partial charge in [-0.2, -0.15) is 0 Å². The normalized spacial score (nSPS) is 46.1. The van der Waals surface area contributed by atoms with E-state index in [1.807, 2.05) is 0 Å². The van der Waals surface area contributed by atoms with Crippen LogP contribution in [0.3, 0.4) is 0 Å². The van der Waals surface area contributed by atoms with Crippen LogP contribution in [0.4, 0.5) is 0 Å². The molecule has 3 aliphatic heterocycles. The predicted octanol–water partition coefficient (Wildman–Crippen LogP) is -1.07. The van der Waals surface area contributed by atoms with E-state index in [2.05, 4.69) is 0 Å². The Bertz CT molecular complexity index is 217. The number of rotatable bonds is 5. The molecule has 0 saturated carbocycles. The summed E-state index contributed by atoms with van der Waals surface area (Å²) in [6.45, 7) is 2.26. The summed E-state index contributed by atoms with van der Waals surface area (Å²) in [5.74, 6) is 0. The van der Waals surface area contributed by atoms with E-state index < -0.39 is 6.10 Å². The minimum absolute atomic E-state index is 0.103. The average molecular weight is 202 g/mol. The van der Waals surface area contributed by atoms with Crippen LogP contribution >= 0.6 is 0 Å². The van der Waals surface area contributed by atoms with Crippen molar-refractivity contribution >= 4 is 0 Å². The maximum atomic E-state index is 9.71. The highest BCUT2D eigenvalue weighted by Gasteiger charge is 2.54. The molecule has 1 N–H and O–H groups in total. The number of aliphatic hydroxyl groups excluding tert-OH is 1. The fourth-order valence-electron chi connectivity index (χ4n) is 1.79. The van der Waals surface area contributed by atoms with Crippen molar-refractivity contribution in [2.45, 2.75) is 30.5 Å². The van der Waals surface area contributed by atoms with Gasteiger partial charge >= 0.3 is 0 Å². The molecule has 0 aliphatic carbocycles. The van der Waals surface area contributed by atoms with E-state index in [1.165, 1.54) is 0 Å². The van der Waals surface area contributed by atoms with Crippen LogP contribution in [0.1, 0.15) is 0 Å². The molecule has 0 radical (unpaired) electrons. The van der Waals surface area contributed by atoms with Gasteiger partial charge in [-0.3, -0.25) is 0 Å². The zero-order valence-corrected chi connectivity index (χ0v) is 7.80. The Balaban J connectivity index is 1.38. The van der Waals surface area contributed by atoms with Crippen molar-refractivity contribution in [3.63, 3.8) is 0 Å². The molecule has 0 bridgehead atoms. The molecule has 3 heterocycles. The van der Waals surface area contributed by atoms with Crippen molar-refractivity contribution in [1.82, 2.24) is 0 Å². The fourth-order valence-corrected chi connectivity index (χ4v) is 1.79. The smallest absolute Gasteiger partial charge is 0.115 e. The molecule has 3 fully saturated rings. The lowest BCUT2D eigenvalue weighted by atomic mass is 10.1. The maximum Gasteiger partial charge on any atom is 0.115 e. The topological polar surface area (TPSA) is 63.8 Å². The Morgan fingerprint density at radius 2 is 2.21 bits per heavy atom. The van der Waals surface area contributed by atoms with Gasteiger partial charge in [0.05, 0.1) is 26.4 Å². The van der Waals surface area contributed by atoms with Gasteiger partial charge in [-0.1, -0.05) is 0 Å². The van der Waals surface area contributed by atoms with Crippen LogP contribution in [0.15, 0.2) is 0 Å². The van der Waals surface area contributed by atoms with Crippen LogP contribution < -0.4 is 0 Å². The van der Waals surface area contributed by atoms with Crippen molar-refractivity contribution in [2.75, 3.05) is 26.4 Å². The highest BCUT2D eigenvalue weighted by Crippen LogP contribution is 2.35. The lowest BCUT2D eigenvalue weighted by molar-refractivity contribution is -0.0792. The molecule has 5 atom stereocenters. The van der Waals surface area contributed by atoms with Crippen molar-refractivity contribution in [3.05, 3.63) is 0 Å². The summed E-state index contributed by atoms with van der Waals surface area (Å²) in [5, 5.41) is 9.71. The van der Waals surface area contributed by atoms with Gasteiger partial charge in [0.15, 0.2) is 0 Å². The van der Waals surface area contributed by atoms with Gasteiger partial charge < -0.3 is 24.1 Å². The van der Waals surface area contributed by atoms with Crippen LogP contribution in [0.5, 0.6) is 0 Å². The Labute approximate surface area is 81.9 Å². The lowest BCUT2D eigenvalue weighted by Crippen LogP contribution is -2.35. The second-order valence-corrected chi connectivity index (χ2v) is 4.00. The van der Waals surface area contributed by atoms with Gasteiger partial charge in [0, 0.05) is 0 Å². The molecule has 0 aromatic carbocycles. The molecule has 0 spiro atoms. The van der Waals surface area contributed by atoms with Crippen molar-refractivity contribution < 1.29 is 24.1 Å². The second kappa shape index (κ2) is 3.43. The lowest BCUT2D eigenvalue weighted by Gasteiger charge is -2.18. The summed E-state index contributed by atoms with van der Waals surface area (Å²) in [7, 11) is 0. The van der Waals surface area contributed by atoms with E-state index in [0.717, 1.165) is 6.61 Å². The van der Waals surface area contributed by atoms with E-state index in [1.54, 1.807) is 0 Å². The third kappa shape index (κ3) is 1.78. The van der Waals surface area contributed by atoms with E-state index in [4.69, 9.17) is 18.9 Å². The molecule has 14 heavy (non-hydrogen) atoms. The monoisotopic (exact) mass is 202 g/mol. The first-order valence-electron chi connectivity index (χ1n) is 4.99. The Kier molecular flexibility index (Phi) is 2.22. The standard InChI is InChI=1S/C9H14O5/c10-6(3-11-1-5-2-12-5)8-9-7(14-9)4-13-8/h5-10H,1-4H2. The number of hydrogen-bond donors (Lipinski definition) is 1. The Hall–Kier alpha value is -0.200. The molecule has 3 aliphatic rings. The Morgan fingerprint density at radius 3 is 2.79 bits per heavy atom. The first-order valence-corrected chi connectivity index (χ1v) is 4.99. The van der Waals surface area contributed by atoms with Gasteiger partial charge in [0.1, 0.15) is 30.5 Å². The summed E-state index contributed by atoms with van der Waals surface area (Å²) in [6.07, 6.45) is -0.199. The zero-order valence-electron chi connectivity index (χ0n) is 7.80. The highest BCUT2D eigenvalue weighted by molar-refractivity contribution is 5.00. The first kappa shape index (κ1) is 9.06. The molecule has 0 aromatic rings. The average Bonchev–Trinajstić information content (AvgIpc) is 3.08. The third-order valence-corrected chi connectivity index (χ3v) is 2.77. The number of ether oxygens (including phenoxy) is 4. The van der Waals surface area contributed by atoms with Crippen LogP contribution in [-0.2, 0) is 18.9 Å². The molecule has 5 unspecified atom stereocenters. The predicted molar refractivity (Wildman–Crippen MR) is 45.0 cm³/mol. The molecule has 5 nitrogen and oxygen atoms in total. The van der Waals surface area contributed by atoms with E-state index in [0.29, 0.717) is 19.8 Å². The first-order chi connectivity index (χ1) is 6.84. The van der Waals surface area contributed by atoms with Gasteiger partial charge in [-0.25, -0.2) is 0 Å². The van der Waals surface area contributed by atoms with Gasteiger partial charge in [-0.15, -0.1) is 0 Å². The summed E-state index contributed by atoms with van der Waals surface area (Å²) in [6, 6.07) is 0. The third-order valence-electron chi connectivity index (χ3n) is 2.77. The van der Waals surface area contributed by atoms with Crippen LogP contribution in [0, 0.1) is 0 Å². The quantitative estimate of drug-likeness (QED) is 0.575. The number of hydrogen-bond acceptors (Lipinski definition) is 5. The summed E-state index contributed by atoms with van der Waals surface area (Å²) in [4.78, 5) is 0. The Morgan fingerprint density at radius 1 is 1.36 bits per heavy atom. The number of epoxide rings is 2. The molecular formula is C9H14O5. The highest BCUT2D eigenvalue weighted by atomic mass is 16.7. The van der Waals surface area contributed by atoms with E-state index >= 15 is 0 Å². The largest absolute Gasteiger partial charge is 0.388 e. The van der Waals surface area contributed by atoms with Crippen LogP contribution in [-0.4, -0.2) is 62.1 Å². The molecule has 0 amide bonds. The molecule has 0 aromatic heterocycles. The molecular weight excluding hydrogens is 188 g/mol. The summed E-state index contributed by atoms with van der Waals surface area (Å²) < 4.78 is 20.9. The molecule has 80 valence electrons. The number of aliphatic hydroxyl groups is 1. The van der Waals surface area contributed by atoms with Crippen LogP contribution in [0.25, 0.3) is 0 Å². The van der Waals surface area contributed by atoms with Crippen molar-refractivity contribution in [1.29, 1.82) is 0 Å². The maximum absolute atomic E-state index is 9.71. The van der Waals surface area contributed by atoms with Gasteiger partial charge in [-0.05, 0) is 0 Å². The zero-order chi connectivity index (χ0) is 9.54. The SMILES string of the molecule is OC(COCC1CO1)C1OCC2OC21. The minimum atomic E-state index is -0.578. The van der Waals surface area contributed by atoms with E-state index in [-0.39, 0.29) is 24.4 Å². The molecule has 3 saturated heterocycles. The van der Waals surface area contributed by atoms with Crippen molar-refractivity contribution in [3.8, 4) is 0 Å². The molecule has 5 heteroatoms. The van der Waals surface area contributed by atoms with Gasteiger partial charge in [0.25, 0.3) is 0 Å². The van der Waals surface area contributed by atoms with Gasteiger partial charge in [0.2, 0.25) is 0 Å². The van der Waals surface area contributed by atoms with Crippen LogP contribution in [0.2, 0.25) is 0 Å². The van der Waals surface area contributed by atoms with Crippen molar-refractivity contribution in [2.24, 2.45) is 0 Å². The van der Waals surface area contributed by atoms with E-state index in [9.17, 15) is 5.11 Å². The second-order valence-electron chi connectivity index (χ2n) is 4.00. The summed E-state index contributed by atoms with van der Waals surface area (Å²) in [5.41, 5.74) is 0. The fraction of sp³-hybridized carbons (Fsp3) is 1.00. The summed E-state index contributed by atoms with van der Waals surface area (Å²) >= 11 is 0. The minimum Gasteiger partial charge on any atom is -0.388 e.